The van der Waals surface area contributed by atoms with E-state index in [0.29, 0.717) is 17.8 Å². The first kappa shape index (κ1) is 22.1. The van der Waals surface area contributed by atoms with Crippen molar-refractivity contribution in [3.8, 4) is 28.7 Å². The van der Waals surface area contributed by atoms with Crippen LogP contribution < -0.4 is 4.74 Å². The number of hydrogen-bond donors (Lipinski definition) is 0. The van der Waals surface area contributed by atoms with Crippen molar-refractivity contribution in [2.45, 2.75) is 45.5 Å². The Morgan fingerprint density at radius 3 is 2.59 bits per heavy atom. The van der Waals surface area contributed by atoms with Crippen molar-refractivity contribution in [3.05, 3.63) is 65.6 Å². The first-order valence-electron chi connectivity index (χ1n) is 11.0. The zero-order valence-corrected chi connectivity index (χ0v) is 18.4. The largest absolute Gasteiger partial charge is 0.573 e. The molecule has 1 fully saturated rings. The Kier molecular flexibility index (Phi) is 5.80. The lowest BCUT2D eigenvalue weighted by atomic mass is 10.1. The smallest absolute Gasteiger partial charge is 0.406 e. The predicted octanol–water partition coefficient (Wildman–Crippen LogP) is 5.59. The molecule has 1 aromatic carbocycles. The van der Waals surface area contributed by atoms with E-state index in [0.717, 1.165) is 29.3 Å². The van der Waals surface area contributed by atoms with Gasteiger partial charge in [-0.3, -0.25) is 9.67 Å². The molecule has 0 radical (unpaired) electrons. The predicted molar refractivity (Wildman–Crippen MR) is 117 cm³/mol. The number of benzene rings is 1. The average molecular weight is 469 g/mol. The van der Waals surface area contributed by atoms with Crippen molar-refractivity contribution >= 4 is 0 Å². The maximum Gasteiger partial charge on any atom is 0.573 e. The molecule has 176 valence electrons. The lowest BCUT2D eigenvalue weighted by Crippen LogP contribution is -2.16. The van der Waals surface area contributed by atoms with Gasteiger partial charge < -0.3 is 9.26 Å². The Morgan fingerprint density at radius 1 is 1.12 bits per heavy atom. The van der Waals surface area contributed by atoms with Crippen molar-refractivity contribution < 1.29 is 22.4 Å². The summed E-state index contributed by atoms with van der Waals surface area (Å²) < 4.78 is 48.1. The van der Waals surface area contributed by atoms with Crippen LogP contribution in [-0.4, -0.2) is 31.3 Å². The van der Waals surface area contributed by atoms with Gasteiger partial charge in [0, 0.05) is 23.1 Å². The molecule has 0 N–H and O–H groups in total. The van der Waals surface area contributed by atoms with Gasteiger partial charge in [0.15, 0.2) is 5.69 Å². The second-order valence-electron chi connectivity index (χ2n) is 8.46. The standard InChI is InChI=1S/C24H22F3N5O2/c1-15-12-21(30-32(15)14-17-5-9-19(28-13-17)8-4-16-2-3-16)23-29-22(31-34-23)18-6-10-20(11-7-18)33-24(25,26)27/h5-7,9-13,16H,2-4,8,14H2,1H3. The van der Waals surface area contributed by atoms with E-state index in [1.54, 1.807) is 0 Å². The van der Waals surface area contributed by atoms with Crippen molar-refractivity contribution in [2.75, 3.05) is 0 Å². The number of halogens is 3. The average Bonchev–Trinajstić information content (AvgIpc) is 3.37. The van der Waals surface area contributed by atoms with Crippen LogP contribution in [0.1, 0.15) is 36.2 Å². The quantitative estimate of drug-likeness (QED) is 0.335. The van der Waals surface area contributed by atoms with Crippen LogP contribution in [0.15, 0.2) is 53.2 Å². The Morgan fingerprint density at radius 2 is 1.91 bits per heavy atom. The summed E-state index contributed by atoms with van der Waals surface area (Å²) in [7, 11) is 0. The van der Waals surface area contributed by atoms with Crippen LogP contribution in [0.5, 0.6) is 5.75 Å². The molecule has 10 heteroatoms. The maximum atomic E-state index is 12.3. The Bertz CT molecular complexity index is 1260. The summed E-state index contributed by atoms with van der Waals surface area (Å²) >= 11 is 0. The Labute approximate surface area is 193 Å². The number of aryl methyl sites for hydroxylation is 2. The molecular formula is C24H22F3N5O2. The molecule has 0 amide bonds. The van der Waals surface area contributed by atoms with Crippen molar-refractivity contribution in [2.24, 2.45) is 5.92 Å². The monoisotopic (exact) mass is 469 g/mol. The molecule has 0 spiro atoms. The van der Waals surface area contributed by atoms with Gasteiger partial charge in [-0.2, -0.15) is 10.1 Å². The fraction of sp³-hybridized carbons (Fsp3) is 0.333. The highest BCUT2D eigenvalue weighted by atomic mass is 19.4. The van der Waals surface area contributed by atoms with Gasteiger partial charge in [0.05, 0.1) is 6.54 Å². The number of ether oxygens (including phenoxy) is 1. The number of aromatic nitrogens is 5. The zero-order chi connectivity index (χ0) is 23.7. The minimum Gasteiger partial charge on any atom is -0.406 e. The van der Waals surface area contributed by atoms with E-state index in [1.807, 2.05) is 23.9 Å². The van der Waals surface area contributed by atoms with Crippen molar-refractivity contribution in [3.63, 3.8) is 0 Å². The van der Waals surface area contributed by atoms with E-state index in [-0.39, 0.29) is 17.5 Å². The summed E-state index contributed by atoms with van der Waals surface area (Å²) in [6, 6.07) is 11.3. The van der Waals surface area contributed by atoms with Gasteiger partial charge in [-0.1, -0.05) is 24.1 Å². The van der Waals surface area contributed by atoms with E-state index in [9.17, 15) is 13.2 Å². The molecule has 4 aromatic rings. The SMILES string of the molecule is Cc1cc(-c2nc(-c3ccc(OC(F)(F)F)cc3)no2)nn1Cc1ccc(CCC2CC2)nc1. The van der Waals surface area contributed by atoms with Gasteiger partial charge >= 0.3 is 6.36 Å². The van der Waals surface area contributed by atoms with Crippen LogP contribution in [0.3, 0.4) is 0 Å². The van der Waals surface area contributed by atoms with Crippen LogP contribution in [-0.2, 0) is 13.0 Å². The van der Waals surface area contributed by atoms with E-state index < -0.39 is 6.36 Å². The summed E-state index contributed by atoms with van der Waals surface area (Å²) in [5.41, 5.74) is 4.09. The van der Waals surface area contributed by atoms with E-state index in [2.05, 4.69) is 37.1 Å². The second kappa shape index (κ2) is 8.92. The van der Waals surface area contributed by atoms with Crippen LogP contribution in [0, 0.1) is 12.8 Å². The molecule has 5 rings (SSSR count). The highest BCUT2D eigenvalue weighted by Gasteiger charge is 2.31. The minimum absolute atomic E-state index is 0.223. The normalized spacial score (nSPS) is 13.9. The van der Waals surface area contributed by atoms with E-state index in [4.69, 9.17) is 4.52 Å². The summed E-state index contributed by atoms with van der Waals surface area (Å²) in [5.74, 6) is 1.03. The third-order valence-corrected chi connectivity index (χ3v) is 5.70. The molecule has 0 atom stereocenters. The van der Waals surface area contributed by atoms with Crippen molar-refractivity contribution in [1.82, 2.24) is 24.9 Å². The molecule has 0 saturated heterocycles. The van der Waals surface area contributed by atoms with E-state index >= 15 is 0 Å². The van der Waals surface area contributed by atoms with Crippen LogP contribution in [0.25, 0.3) is 23.0 Å². The summed E-state index contributed by atoms with van der Waals surface area (Å²) in [4.78, 5) is 8.92. The minimum atomic E-state index is -4.74. The van der Waals surface area contributed by atoms with Gasteiger partial charge in [0.2, 0.25) is 5.82 Å². The fourth-order valence-electron chi connectivity index (χ4n) is 3.65. The van der Waals surface area contributed by atoms with Crippen LogP contribution in [0.4, 0.5) is 13.2 Å². The van der Waals surface area contributed by atoms with Gasteiger partial charge in [-0.25, -0.2) is 0 Å². The molecule has 0 aliphatic heterocycles. The van der Waals surface area contributed by atoms with Crippen molar-refractivity contribution in [1.29, 1.82) is 0 Å². The molecule has 1 aliphatic rings. The topological polar surface area (TPSA) is 78.9 Å². The first-order valence-corrected chi connectivity index (χ1v) is 11.0. The molecule has 1 aliphatic carbocycles. The molecule has 3 aromatic heterocycles. The number of hydrogen-bond acceptors (Lipinski definition) is 6. The highest BCUT2D eigenvalue weighted by molar-refractivity contribution is 5.58. The Hall–Kier alpha value is -3.69. The molecule has 3 heterocycles. The molecule has 34 heavy (non-hydrogen) atoms. The van der Waals surface area contributed by atoms with E-state index in [1.165, 1.54) is 43.5 Å². The highest BCUT2D eigenvalue weighted by Crippen LogP contribution is 2.33. The van der Waals surface area contributed by atoms with Gasteiger partial charge in [-0.15, -0.1) is 13.2 Å². The fourth-order valence-corrected chi connectivity index (χ4v) is 3.65. The number of rotatable bonds is 8. The number of alkyl halides is 3. The molecule has 1 saturated carbocycles. The molecule has 7 nitrogen and oxygen atoms in total. The van der Waals surface area contributed by atoms with Gasteiger partial charge in [-0.05, 0) is 67.6 Å². The zero-order valence-electron chi connectivity index (χ0n) is 18.4. The third kappa shape index (κ3) is 5.44. The maximum absolute atomic E-state index is 12.3. The lowest BCUT2D eigenvalue weighted by Gasteiger charge is -2.08. The number of pyridine rings is 1. The van der Waals surface area contributed by atoms with Crippen LogP contribution in [0.2, 0.25) is 0 Å². The number of nitrogens with zero attached hydrogens (tertiary/aromatic N) is 5. The summed E-state index contributed by atoms with van der Waals surface area (Å²) in [6.45, 7) is 2.49. The van der Waals surface area contributed by atoms with Gasteiger partial charge in [0.1, 0.15) is 5.75 Å². The molecule has 0 unspecified atom stereocenters. The van der Waals surface area contributed by atoms with Gasteiger partial charge in [0.25, 0.3) is 5.89 Å². The molecular weight excluding hydrogens is 447 g/mol. The second-order valence-corrected chi connectivity index (χ2v) is 8.46. The third-order valence-electron chi connectivity index (χ3n) is 5.70. The summed E-state index contributed by atoms with van der Waals surface area (Å²) in [6.07, 6.45) is 2.08. The Balaban J connectivity index is 1.26. The van der Waals surface area contributed by atoms with Crippen LogP contribution >= 0.6 is 0 Å². The lowest BCUT2D eigenvalue weighted by molar-refractivity contribution is -0.274. The summed E-state index contributed by atoms with van der Waals surface area (Å²) in [5, 5.41) is 8.50. The first-order chi connectivity index (χ1) is 16.3. The molecule has 0 bridgehead atoms.